The van der Waals surface area contributed by atoms with Crippen LogP contribution in [0.2, 0.25) is 0 Å². The fourth-order valence-corrected chi connectivity index (χ4v) is 5.73. The Bertz CT molecular complexity index is 1260. The molecule has 0 amide bonds. The summed E-state index contributed by atoms with van der Waals surface area (Å²) < 4.78 is 14.8. The van der Waals surface area contributed by atoms with Gasteiger partial charge in [-0.3, -0.25) is 4.68 Å². The standard InChI is InChI=1S/C24H29N7OS/c1-16-10-20(33-28-16)13-22-26-21-6-9-31(18-14-25-29(2)15-18)23(21)24(27-22)32-19-11-17(12-19)30-7-4-3-5-8-30/h6,9-10,14-15,17,19H,3-5,7-8,11-13H2,1-2H3. The van der Waals surface area contributed by atoms with Crippen LogP contribution in [0.5, 0.6) is 5.88 Å². The van der Waals surface area contributed by atoms with Crippen molar-refractivity contribution in [2.24, 2.45) is 7.05 Å². The van der Waals surface area contributed by atoms with Crippen LogP contribution in [-0.2, 0) is 13.5 Å². The van der Waals surface area contributed by atoms with E-state index >= 15 is 0 Å². The highest BCUT2D eigenvalue weighted by atomic mass is 32.1. The molecule has 8 nitrogen and oxygen atoms in total. The van der Waals surface area contributed by atoms with Crippen molar-refractivity contribution in [3.05, 3.63) is 47.1 Å². The van der Waals surface area contributed by atoms with Gasteiger partial charge in [0.2, 0.25) is 5.88 Å². The van der Waals surface area contributed by atoms with Gasteiger partial charge in [0, 0.05) is 49.6 Å². The summed E-state index contributed by atoms with van der Waals surface area (Å²) in [5.41, 5.74) is 3.82. The molecule has 1 aliphatic heterocycles. The average molecular weight is 464 g/mol. The number of aromatic nitrogens is 6. The molecule has 1 saturated heterocycles. The van der Waals surface area contributed by atoms with Crippen LogP contribution in [0.4, 0.5) is 0 Å². The van der Waals surface area contributed by atoms with Crippen molar-refractivity contribution < 1.29 is 4.74 Å². The van der Waals surface area contributed by atoms with E-state index in [0.29, 0.717) is 18.3 Å². The Kier molecular flexibility index (Phi) is 5.38. The number of hydrogen-bond donors (Lipinski definition) is 0. The van der Waals surface area contributed by atoms with E-state index in [1.54, 1.807) is 4.68 Å². The lowest BCUT2D eigenvalue weighted by Gasteiger charge is -2.44. The van der Waals surface area contributed by atoms with Gasteiger partial charge in [-0.05, 0) is 56.5 Å². The largest absolute Gasteiger partial charge is 0.473 e. The van der Waals surface area contributed by atoms with Gasteiger partial charge in [-0.2, -0.15) is 14.5 Å². The van der Waals surface area contributed by atoms with Crippen LogP contribution < -0.4 is 4.74 Å². The Labute approximate surface area is 197 Å². The van der Waals surface area contributed by atoms with E-state index in [1.807, 2.05) is 38.6 Å². The predicted octanol–water partition coefficient (Wildman–Crippen LogP) is 3.91. The molecule has 0 aromatic carbocycles. The van der Waals surface area contributed by atoms with Crippen molar-refractivity contribution in [1.29, 1.82) is 0 Å². The molecule has 4 aromatic heterocycles. The Balaban J connectivity index is 1.30. The van der Waals surface area contributed by atoms with Crippen LogP contribution in [0, 0.1) is 6.92 Å². The average Bonchev–Trinajstić information content (AvgIpc) is 3.51. The monoisotopic (exact) mass is 463 g/mol. The fraction of sp³-hybridized carbons (Fsp3) is 0.500. The minimum atomic E-state index is 0.200. The normalized spacial score (nSPS) is 21.4. The molecule has 2 fully saturated rings. The molecule has 1 aliphatic carbocycles. The van der Waals surface area contributed by atoms with E-state index in [4.69, 9.17) is 14.7 Å². The summed E-state index contributed by atoms with van der Waals surface area (Å²) in [5.74, 6) is 1.45. The van der Waals surface area contributed by atoms with Gasteiger partial charge in [0.05, 0.1) is 23.1 Å². The number of nitrogens with zero attached hydrogens (tertiary/aromatic N) is 7. The Morgan fingerprint density at radius 1 is 1.15 bits per heavy atom. The van der Waals surface area contributed by atoms with Gasteiger partial charge in [0.15, 0.2) is 0 Å². The van der Waals surface area contributed by atoms with Crippen LogP contribution >= 0.6 is 11.5 Å². The summed E-state index contributed by atoms with van der Waals surface area (Å²) in [7, 11) is 1.92. The zero-order valence-electron chi connectivity index (χ0n) is 19.1. The van der Waals surface area contributed by atoms with Gasteiger partial charge in [-0.1, -0.05) is 6.42 Å². The highest BCUT2D eigenvalue weighted by Crippen LogP contribution is 2.34. The summed E-state index contributed by atoms with van der Waals surface area (Å²) in [5, 5.41) is 4.34. The molecule has 5 heterocycles. The molecule has 0 spiro atoms. The lowest BCUT2D eigenvalue weighted by molar-refractivity contribution is 0.00730. The van der Waals surface area contributed by atoms with Gasteiger partial charge < -0.3 is 14.2 Å². The van der Waals surface area contributed by atoms with Crippen molar-refractivity contribution in [3.8, 4) is 11.6 Å². The zero-order valence-corrected chi connectivity index (χ0v) is 20.0. The van der Waals surface area contributed by atoms with Crippen LogP contribution in [0.1, 0.15) is 48.5 Å². The first-order chi connectivity index (χ1) is 16.1. The van der Waals surface area contributed by atoms with Gasteiger partial charge in [-0.15, -0.1) is 0 Å². The first-order valence-corrected chi connectivity index (χ1v) is 12.6. The molecule has 2 aliphatic rings. The summed E-state index contributed by atoms with van der Waals surface area (Å²) in [6.07, 6.45) is 12.9. The lowest BCUT2D eigenvalue weighted by atomic mass is 9.86. The van der Waals surface area contributed by atoms with Crippen molar-refractivity contribution in [3.63, 3.8) is 0 Å². The number of ether oxygens (including phenoxy) is 1. The second-order valence-corrected chi connectivity index (χ2v) is 10.2. The zero-order chi connectivity index (χ0) is 22.4. The molecule has 1 saturated carbocycles. The first kappa shape index (κ1) is 20.8. The van der Waals surface area contributed by atoms with Crippen molar-refractivity contribution in [2.75, 3.05) is 13.1 Å². The van der Waals surface area contributed by atoms with Crippen LogP contribution in [0.25, 0.3) is 16.7 Å². The lowest BCUT2D eigenvalue weighted by Crippen LogP contribution is -2.50. The molecule has 172 valence electrons. The highest BCUT2D eigenvalue weighted by Gasteiger charge is 2.36. The topological polar surface area (TPSA) is 73.9 Å². The summed E-state index contributed by atoms with van der Waals surface area (Å²) in [6, 6.07) is 4.79. The maximum absolute atomic E-state index is 6.56. The predicted molar refractivity (Wildman–Crippen MR) is 128 cm³/mol. The highest BCUT2D eigenvalue weighted by molar-refractivity contribution is 7.05. The maximum Gasteiger partial charge on any atom is 0.242 e. The van der Waals surface area contributed by atoms with E-state index in [9.17, 15) is 0 Å². The van der Waals surface area contributed by atoms with Gasteiger partial charge in [0.25, 0.3) is 0 Å². The molecule has 0 unspecified atom stereocenters. The molecule has 33 heavy (non-hydrogen) atoms. The molecule has 6 rings (SSSR count). The minimum absolute atomic E-state index is 0.200. The molecular weight excluding hydrogens is 434 g/mol. The molecule has 4 aromatic rings. The second-order valence-electron chi connectivity index (χ2n) is 9.31. The van der Waals surface area contributed by atoms with Crippen LogP contribution in [0.3, 0.4) is 0 Å². The van der Waals surface area contributed by atoms with Gasteiger partial charge >= 0.3 is 0 Å². The number of hydrogen-bond acceptors (Lipinski definition) is 7. The first-order valence-electron chi connectivity index (χ1n) is 11.8. The number of piperidine rings is 1. The van der Waals surface area contributed by atoms with Crippen molar-refractivity contribution in [2.45, 2.75) is 57.6 Å². The smallest absolute Gasteiger partial charge is 0.242 e. The molecule has 0 atom stereocenters. The van der Waals surface area contributed by atoms with Gasteiger partial charge in [-0.25, -0.2) is 4.98 Å². The third-order valence-corrected chi connectivity index (χ3v) is 7.66. The number of rotatable bonds is 6. The Hall–Kier alpha value is -2.78. The van der Waals surface area contributed by atoms with E-state index < -0.39 is 0 Å². The molecule has 0 radical (unpaired) electrons. The quantitative estimate of drug-likeness (QED) is 0.432. The Morgan fingerprint density at radius 2 is 2.00 bits per heavy atom. The van der Waals surface area contributed by atoms with Crippen LogP contribution in [-0.4, -0.2) is 58.8 Å². The third kappa shape index (κ3) is 4.15. The van der Waals surface area contributed by atoms with Gasteiger partial charge in [0.1, 0.15) is 17.4 Å². The fourth-order valence-electron chi connectivity index (χ4n) is 5.00. The molecule has 0 bridgehead atoms. The molecule has 0 N–H and O–H groups in total. The molecule has 9 heteroatoms. The molecular formula is C24H29N7OS. The van der Waals surface area contributed by atoms with Crippen LogP contribution in [0.15, 0.2) is 30.7 Å². The van der Waals surface area contributed by atoms with Crippen molar-refractivity contribution in [1.82, 2.24) is 33.6 Å². The second kappa shape index (κ2) is 8.53. The van der Waals surface area contributed by atoms with E-state index in [-0.39, 0.29) is 6.10 Å². The van der Waals surface area contributed by atoms with E-state index in [0.717, 1.165) is 41.1 Å². The Morgan fingerprint density at radius 3 is 2.73 bits per heavy atom. The number of likely N-dealkylation sites (tertiary alicyclic amines) is 1. The third-order valence-electron chi connectivity index (χ3n) is 6.78. The maximum atomic E-state index is 6.56. The summed E-state index contributed by atoms with van der Waals surface area (Å²) in [6.45, 7) is 4.48. The number of fused-ring (bicyclic) bond motifs is 1. The van der Waals surface area contributed by atoms with E-state index in [1.165, 1.54) is 48.8 Å². The summed E-state index contributed by atoms with van der Waals surface area (Å²) >= 11 is 1.51. The summed E-state index contributed by atoms with van der Waals surface area (Å²) in [4.78, 5) is 13.6. The minimum Gasteiger partial charge on any atom is -0.473 e. The number of aryl methyl sites for hydroxylation is 2. The SMILES string of the molecule is Cc1cc(Cc2nc(OC3CC(N4CCCCC4)C3)c3c(ccn3-c3cnn(C)c3)n2)sn1. The van der Waals surface area contributed by atoms with E-state index in [2.05, 4.69) is 25.0 Å². The van der Waals surface area contributed by atoms with Crippen molar-refractivity contribution >= 4 is 22.6 Å².